The molecule has 43 heavy (non-hydrogen) atoms. The zero-order valence-corrected chi connectivity index (χ0v) is 23.3. The molecule has 0 spiro atoms. The number of benzene rings is 8. The molecule has 0 unspecified atom stereocenters. The summed E-state index contributed by atoms with van der Waals surface area (Å²) in [6.07, 6.45) is 0. The van der Waals surface area contributed by atoms with Crippen molar-refractivity contribution in [2.24, 2.45) is 0 Å². The van der Waals surface area contributed by atoms with Crippen molar-refractivity contribution in [3.05, 3.63) is 121 Å². The highest BCUT2D eigenvalue weighted by Gasteiger charge is 2.26. The molecular formula is C39H26O4. The quantitative estimate of drug-likeness (QED) is 0.0737. The Morgan fingerprint density at radius 1 is 0.349 bits per heavy atom. The van der Waals surface area contributed by atoms with E-state index in [4.69, 9.17) is 0 Å². The molecule has 8 aromatic carbocycles. The van der Waals surface area contributed by atoms with Crippen LogP contribution in [0.25, 0.3) is 76.1 Å². The Bertz CT molecular complexity index is 2370. The lowest BCUT2D eigenvalue weighted by Gasteiger charge is -2.21. The molecule has 8 aromatic rings. The van der Waals surface area contributed by atoms with E-state index in [2.05, 4.69) is 66.7 Å². The summed E-state index contributed by atoms with van der Waals surface area (Å²) in [7, 11) is 0. The van der Waals surface area contributed by atoms with E-state index in [-0.39, 0.29) is 11.1 Å². The molecule has 4 heteroatoms. The van der Waals surface area contributed by atoms with Crippen molar-refractivity contribution in [2.45, 2.75) is 6.92 Å². The van der Waals surface area contributed by atoms with E-state index in [0.29, 0.717) is 5.56 Å². The van der Waals surface area contributed by atoms with Crippen LogP contribution in [0.1, 0.15) is 5.56 Å². The predicted octanol–water partition coefficient (Wildman–Crippen LogP) is 9.92. The van der Waals surface area contributed by atoms with Gasteiger partial charge in [-0.1, -0.05) is 103 Å². The van der Waals surface area contributed by atoms with E-state index >= 15 is 0 Å². The van der Waals surface area contributed by atoms with Gasteiger partial charge in [-0.25, -0.2) is 0 Å². The van der Waals surface area contributed by atoms with Gasteiger partial charge in [0.05, 0.1) is 5.56 Å². The molecule has 0 radical (unpaired) electrons. The Kier molecular flexibility index (Phi) is 5.31. The summed E-state index contributed by atoms with van der Waals surface area (Å²) in [4.78, 5) is 0. The summed E-state index contributed by atoms with van der Waals surface area (Å²) < 4.78 is 0. The molecule has 0 amide bonds. The number of rotatable bonds is 2. The first-order valence-corrected chi connectivity index (χ1v) is 14.2. The predicted molar refractivity (Wildman–Crippen MR) is 176 cm³/mol. The van der Waals surface area contributed by atoms with Crippen LogP contribution in [0.3, 0.4) is 0 Å². The van der Waals surface area contributed by atoms with E-state index in [0.717, 1.165) is 43.4 Å². The van der Waals surface area contributed by atoms with Gasteiger partial charge >= 0.3 is 0 Å². The number of fused-ring (bicyclic) bond motifs is 6. The molecule has 8 rings (SSSR count). The number of phenolic OH excluding ortho intramolecular Hbond substituents is 4. The van der Waals surface area contributed by atoms with Crippen molar-refractivity contribution in [3.8, 4) is 45.3 Å². The lowest BCUT2D eigenvalue weighted by atomic mass is 9.83. The van der Waals surface area contributed by atoms with E-state index in [1.807, 2.05) is 48.5 Å². The van der Waals surface area contributed by atoms with Gasteiger partial charge in [0.15, 0.2) is 23.0 Å². The normalized spacial score (nSPS) is 11.7. The topological polar surface area (TPSA) is 80.9 Å². The SMILES string of the molecule is Cc1c(O)c(O)c(-c2c3ccccc3c(-c3cccc4c3ccc3cc5ccccc5cc34)c3ccccc23)c(O)c1O. The van der Waals surface area contributed by atoms with Gasteiger partial charge in [0.25, 0.3) is 0 Å². The van der Waals surface area contributed by atoms with E-state index in [9.17, 15) is 20.4 Å². The maximum atomic E-state index is 11.1. The van der Waals surface area contributed by atoms with Crippen molar-refractivity contribution in [1.29, 1.82) is 0 Å². The summed E-state index contributed by atoms with van der Waals surface area (Å²) >= 11 is 0. The minimum atomic E-state index is -0.472. The molecule has 0 atom stereocenters. The molecular weight excluding hydrogens is 532 g/mol. The summed E-state index contributed by atoms with van der Waals surface area (Å²) in [6.45, 7) is 1.44. The highest BCUT2D eigenvalue weighted by atomic mass is 16.3. The monoisotopic (exact) mass is 558 g/mol. The number of hydrogen-bond donors (Lipinski definition) is 4. The van der Waals surface area contributed by atoms with Crippen molar-refractivity contribution in [1.82, 2.24) is 0 Å². The van der Waals surface area contributed by atoms with Crippen molar-refractivity contribution >= 4 is 53.9 Å². The van der Waals surface area contributed by atoms with Crippen LogP contribution in [0.2, 0.25) is 0 Å². The average Bonchev–Trinajstić information content (AvgIpc) is 3.05. The molecule has 0 aliphatic rings. The molecule has 4 N–H and O–H groups in total. The van der Waals surface area contributed by atoms with Crippen LogP contribution in [0.15, 0.2) is 115 Å². The third-order valence-electron chi connectivity index (χ3n) is 8.83. The van der Waals surface area contributed by atoms with E-state index in [1.165, 1.54) is 28.5 Å². The molecule has 0 saturated heterocycles. The fraction of sp³-hybridized carbons (Fsp3) is 0.0256. The van der Waals surface area contributed by atoms with Crippen LogP contribution >= 0.6 is 0 Å². The van der Waals surface area contributed by atoms with Crippen LogP contribution in [0.4, 0.5) is 0 Å². The standard InChI is InChI=1S/C39H26O4/c1-21-36(40)38(42)35(39(43)37(21)41)34-30-13-6-4-11-28(30)33(29-12-5-7-14-31(29)34)27-16-8-15-25-26(27)18-17-24-19-22-9-2-3-10-23(22)20-32(24)25/h2-20,40-43H,1H3. The van der Waals surface area contributed by atoms with Gasteiger partial charge in [-0.05, 0) is 84.0 Å². The third-order valence-corrected chi connectivity index (χ3v) is 8.83. The smallest absolute Gasteiger partial charge is 0.169 e. The molecule has 0 aliphatic heterocycles. The van der Waals surface area contributed by atoms with Crippen molar-refractivity contribution < 1.29 is 20.4 Å². The summed E-state index contributed by atoms with van der Waals surface area (Å²) in [5.74, 6) is -1.87. The lowest BCUT2D eigenvalue weighted by molar-refractivity contribution is 0.371. The Balaban J connectivity index is 1.53. The fourth-order valence-electron chi connectivity index (χ4n) is 6.74. The Morgan fingerprint density at radius 2 is 0.860 bits per heavy atom. The highest BCUT2D eigenvalue weighted by Crippen LogP contribution is 2.55. The van der Waals surface area contributed by atoms with Crippen LogP contribution in [-0.4, -0.2) is 20.4 Å². The maximum absolute atomic E-state index is 11.1. The van der Waals surface area contributed by atoms with Crippen LogP contribution < -0.4 is 0 Å². The number of hydrogen-bond acceptors (Lipinski definition) is 4. The highest BCUT2D eigenvalue weighted by molar-refractivity contribution is 6.26. The molecule has 0 fully saturated rings. The van der Waals surface area contributed by atoms with Crippen LogP contribution in [0.5, 0.6) is 23.0 Å². The third kappa shape index (κ3) is 3.50. The first kappa shape index (κ1) is 25.0. The second-order valence-electron chi connectivity index (χ2n) is 11.1. The first-order valence-electron chi connectivity index (χ1n) is 14.2. The van der Waals surface area contributed by atoms with Gasteiger partial charge in [0, 0.05) is 11.1 Å². The van der Waals surface area contributed by atoms with E-state index in [1.54, 1.807) is 0 Å². The fourth-order valence-corrected chi connectivity index (χ4v) is 6.74. The van der Waals surface area contributed by atoms with Crippen molar-refractivity contribution in [2.75, 3.05) is 0 Å². The van der Waals surface area contributed by atoms with Crippen molar-refractivity contribution in [3.63, 3.8) is 0 Å². The second kappa shape index (κ2) is 9.13. The number of aromatic hydroxyl groups is 4. The number of phenols is 4. The summed E-state index contributed by atoms with van der Waals surface area (Å²) in [5, 5.41) is 54.0. The Labute approximate surface area is 246 Å². The minimum absolute atomic E-state index is 0.00431. The Morgan fingerprint density at radius 3 is 1.47 bits per heavy atom. The zero-order chi connectivity index (χ0) is 29.4. The van der Waals surface area contributed by atoms with Gasteiger partial charge in [-0.3, -0.25) is 0 Å². The average molecular weight is 559 g/mol. The molecule has 4 nitrogen and oxygen atoms in total. The summed E-state index contributed by atoms with van der Waals surface area (Å²) in [5.41, 5.74) is 2.64. The zero-order valence-electron chi connectivity index (χ0n) is 23.3. The molecule has 0 aromatic heterocycles. The Hall–Kier alpha value is -5.74. The molecule has 0 saturated carbocycles. The van der Waals surface area contributed by atoms with E-state index < -0.39 is 23.0 Å². The van der Waals surface area contributed by atoms with Gasteiger partial charge in [-0.2, -0.15) is 0 Å². The van der Waals surface area contributed by atoms with Gasteiger partial charge < -0.3 is 20.4 Å². The molecule has 0 aliphatic carbocycles. The minimum Gasteiger partial charge on any atom is -0.504 e. The lowest BCUT2D eigenvalue weighted by Crippen LogP contribution is -1.93. The van der Waals surface area contributed by atoms with Crippen LogP contribution in [-0.2, 0) is 0 Å². The largest absolute Gasteiger partial charge is 0.504 e. The van der Waals surface area contributed by atoms with Gasteiger partial charge in [0.2, 0.25) is 0 Å². The molecule has 0 heterocycles. The molecule has 0 bridgehead atoms. The first-order chi connectivity index (χ1) is 20.9. The van der Waals surface area contributed by atoms with Crippen LogP contribution in [0, 0.1) is 6.92 Å². The van der Waals surface area contributed by atoms with Gasteiger partial charge in [0.1, 0.15) is 0 Å². The summed E-state index contributed by atoms with van der Waals surface area (Å²) in [6, 6.07) is 39.4. The maximum Gasteiger partial charge on any atom is 0.169 e. The molecule has 206 valence electrons. The second-order valence-corrected chi connectivity index (χ2v) is 11.1. The van der Waals surface area contributed by atoms with Gasteiger partial charge in [-0.15, -0.1) is 0 Å².